The van der Waals surface area contributed by atoms with Crippen LogP contribution in [-0.4, -0.2) is 12.8 Å². The summed E-state index contributed by atoms with van der Waals surface area (Å²) in [5.74, 6) is 0. The molecule has 50 valence electrons. The first-order valence-electron chi connectivity index (χ1n) is 2.87. The first kappa shape index (κ1) is 8.11. The molecule has 0 amide bonds. The van der Waals surface area contributed by atoms with Crippen molar-refractivity contribution in [1.29, 1.82) is 5.41 Å². The van der Waals surface area contributed by atoms with E-state index in [-0.39, 0.29) is 0 Å². The lowest BCUT2D eigenvalue weighted by Gasteiger charge is -1.90. The minimum absolute atomic E-state index is 0.500. The summed E-state index contributed by atoms with van der Waals surface area (Å²) in [6.45, 7) is 2.42. The molecule has 0 saturated heterocycles. The van der Waals surface area contributed by atoms with Gasteiger partial charge in [0.1, 0.15) is 0 Å². The topological polar surface area (TPSA) is 49.9 Å². The highest BCUT2D eigenvalue weighted by molar-refractivity contribution is 5.69. The lowest BCUT2D eigenvalue weighted by Crippen LogP contribution is -2.00. The van der Waals surface area contributed by atoms with Gasteiger partial charge in [-0.2, -0.15) is 0 Å². The SMILES string of the molecule is C/C=C\C(=C/C=N)CN. The van der Waals surface area contributed by atoms with Crippen LogP contribution in [0, 0.1) is 5.41 Å². The second-order valence-corrected chi connectivity index (χ2v) is 1.61. The summed E-state index contributed by atoms with van der Waals surface area (Å²) in [4.78, 5) is 0. The summed E-state index contributed by atoms with van der Waals surface area (Å²) in [5, 5.41) is 6.72. The molecule has 3 N–H and O–H groups in total. The Morgan fingerprint density at radius 2 is 2.33 bits per heavy atom. The molecule has 0 aromatic carbocycles. The highest BCUT2D eigenvalue weighted by Crippen LogP contribution is 1.90. The summed E-state index contributed by atoms with van der Waals surface area (Å²) in [5.41, 5.74) is 6.30. The van der Waals surface area contributed by atoms with Gasteiger partial charge in [0.15, 0.2) is 0 Å². The average Bonchev–Trinajstić information content (AvgIpc) is 1.88. The van der Waals surface area contributed by atoms with Crippen molar-refractivity contribution in [3.63, 3.8) is 0 Å². The van der Waals surface area contributed by atoms with Gasteiger partial charge in [-0.25, -0.2) is 0 Å². The zero-order valence-electron chi connectivity index (χ0n) is 5.59. The number of nitrogens with one attached hydrogen (secondary N) is 1. The highest BCUT2D eigenvalue weighted by atomic mass is 14.5. The Balaban J connectivity index is 3.96. The van der Waals surface area contributed by atoms with Gasteiger partial charge in [0.25, 0.3) is 0 Å². The predicted molar refractivity (Wildman–Crippen MR) is 40.7 cm³/mol. The van der Waals surface area contributed by atoms with E-state index in [2.05, 4.69) is 0 Å². The van der Waals surface area contributed by atoms with Crippen molar-refractivity contribution >= 4 is 6.21 Å². The molecule has 0 radical (unpaired) electrons. The molecule has 0 fully saturated rings. The molecule has 0 aliphatic rings. The Bertz CT molecular complexity index is 134. The van der Waals surface area contributed by atoms with Crippen LogP contribution in [0.25, 0.3) is 0 Å². The minimum Gasteiger partial charge on any atom is -0.326 e. The Morgan fingerprint density at radius 1 is 1.67 bits per heavy atom. The Labute approximate surface area is 55.6 Å². The lowest BCUT2D eigenvalue weighted by molar-refractivity contribution is 1.19. The van der Waals surface area contributed by atoms with E-state index in [1.807, 2.05) is 19.1 Å². The summed E-state index contributed by atoms with van der Waals surface area (Å²) in [6.07, 6.45) is 6.72. The van der Waals surface area contributed by atoms with Crippen molar-refractivity contribution in [2.75, 3.05) is 6.54 Å². The predicted octanol–water partition coefficient (Wildman–Crippen LogP) is 1.10. The Hall–Kier alpha value is -0.890. The number of hydrogen-bond acceptors (Lipinski definition) is 2. The van der Waals surface area contributed by atoms with Crippen molar-refractivity contribution in [2.24, 2.45) is 5.73 Å². The van der Waals surface area contributed by atoms with E-state index in [9.17, 15) is 0 Å². The Kier molecular flexibility index (Phi) is 4.73. The van der Waals surface area contributed by atoms with Crippen molar-refractivity contribution in [3.8, 4) is 0 Å². The van der Waals surface area contributed by atoms with Crippen LogP contribution in [0.5, 0.6) is 0 Å². The van der Waals surface area contributed by atoms with Gasteiger partial charge in [-0.15, -0.1) is 0 Å². The van der Waals surface area contributed by atoms with Crippen LogP contribution in [-0.2, 0) is 0 Å². The molecular formula is C7H12N2. The van der Waals surface area contributed by atoms with Crippen molar-refractivity contribution in [1.82, 2.24) is 0 Å². The van der Waals surface area contributed by atoms with Gasteiger partial charge in [-0.05, 0) is 18.6 Å². The zero-order chi connectivity index (χ0) is 7.11. The smallest absolute Gasteiger partial charge is 0.0180 e. The van der Waals surface area contributed by atoms with Crippen LogP contribution in [0.4, 0.5) is 0 Å². The maximum absolute atomic E-state index is 6.72. The first-order valence-corrected chi connectivity index (χ1v) is 2.87. The minimum atomic E-state index is 0.500. The van der Waals surface area contributed by atoms with E-state index in [0.717, 1.165) is 5.57 Å². The second-order valence-electron chi connectivity index (χ2n) is 1.61. The van der Waals surface area contributed by atoms with Gasteiger partial charge in [-0.1, -0.05) is 12.2 Å². The number of nitrogens with two attached hydrogens (primary N) is 1. The fourth-order valence-electron chi connectivity index (χ4n) is 0.513. The highest BCUT2D eigenvalue weighted by Gasteiger charge is 1.81. The van der Waals surface area contributed by atoms with Gasteiger partial charge in [0, 0.05) is 12.8 Å². The van der Waals surface area contributed by atoms with Crippen molar-refractivity contribution in [3.05, 3.63) is 23.8 Å². The average molecular weight is 124 g/mol. The molecule has 0 rings (SSSR count). The van der Waals surface area contributed by atoms with Crippen molar-refractivity contribution in [2.45, 2.75) is 6.92 Å². The normalized spacial score (nSPS) is 12.4. The molecule has 0 aliphatic heterocycles. The van der Waals surface area contributed by atoms with E-state index in [0.29, 0.717) is 6.54 Å². The molecule has 0 heterocycles. The van der Waals surface area contributed by atoms with E-state index >= 15 is 0 Å². The van der Waals surface area contributed by atoms with Crippen LogP contribution < -0.4 is 5.73 Å². The summed E-state index contributed by atoms with van der Waals surface area (Å²) < 4.78 is 0. The third-order valence-electron chi connectivity index (χ3n) is 0.914. The fraction of sp³-hybridized carbons (Fsp3) is 0.286. The van der Waals surface area contributed by atoms with Gasteiger partial charge in [-0.3, -0.25) is 0 Å². The van der Waals surface area contributed by atoms with Gasteiger partial charge >= 0.3 is 0 Å². The molecule has 2 nitrogen and oxygen atoms in total. The summed E-state index contributed by atoms with van der Waals surface area (Å²) >= 11 is 0. The molecule has 0 atom stereocenters. The molecule has 0 aliphatic carbocycles. The fourth-order valence-corrected chi connectivity index (χ4v) is 0.513. The van der Waals surface area contributed by atoms with Crippen molar-refractivity contribution < 1.29 is 0 Å². The molecule has 0 aromatic rings. The van der Waals surface area contributed by atoms with Gasteiger partial charge in [0.05, 0.1) is 0 Å². The number of rotatable bonds is 3. The maximum Gasteiger partial charge on any atom is 0.0180 e. The number of hydrogen-bond donors (Lipinski definition) is 2. The van der Waals surface area contributed by atoms with E-state index in [1.165, 1.54) is 6.21 Å². The lowest BCUT2D eigenvalue weighted by atomic mass is 10.2. The van der Waals surface area contributed by atoms with Crippen LogP contribution in [0.1, 0.15) is 6.92 Å². The largest absolute Gasteiger partial charge is 0.326 e. The first-order chi connectivity index (χ1) is 4.35. The molecule has 2 heteroatoms. The van der Waals surface area contributed by atoms with E-state index in [1.54, 1.807) is 6.08 Å². The second kappa shape index (κ2) is 5.25. The van der Waals surface area contributed by atoms with Crippen LogP contribution in [0.3, 0.4) is 0 Å². The maximum atomic E-state index is 6.72. The standard InChI is InChI=1S/C7H12N2/c1-2-3-7(6-9)4-5-8/h2-5,8H,6,9H2,1H3/b3-2-,7-4+,8-5?. The third-order valence-corrected chi connectivity index (χ3v) is 0.914. The summed E-state index contributed by atoms with van der Waals surface area (Å²) in [7, 11) is 0. The molecule has 0 bridgehead atoms. The molecule has 9 heavy (non-hydrogen) atoms. The van der Waals surface area contributed by atoms with Crippen LogP contribution in [0.2, 0.25) is 0 Å². The molecule has 0 saturated carbocycles. The van der Waals surface area contributed by atoms with Crippen LogP contribution >= 0.6 is 0 Å². The quantitative estimate of drug-likeness (QED) is 0.429. The molecule has 0 unspecified atom stereocenters. The monoisotopic (exact) mass is 124 g/mol. The van der Waals surface area contributed by atoms with Gasteiger partial charge < -0.3 is 11.1 Å². The van der Waals surface area contributed by atoms with E-state index < -0.39 is 0 Å². The molecular weight excluding hydrogens is 112 g/mol. The summed E-state index contributed by atoms with van der Waals surface area (Å²) in [6, 6.07) is 0. The third kappa shape index (κ3) is 3.67. The number of allylic oxidation sites excluding steroid dienone is 2. The zero-order valence-corrected chi connectivity index (χ0v) is 5.59. The van der Waals surface area contributed by atoms with Gasteiger partial charge in [0.2, 0.25) is 0 Å². The van der Waals surface area contributed by atoms with E-state index in [4.69, 9.17) is 11.1 Å². The molecule has 0 spiro atoms. The van der Waals surface area contributed by atoms with Crippen LogP contribution in [0.15, 0.2) is 23.8 Å². The molecule has 0 aromatic heterocycles. The Morgan fingerprint density at radius 3 is 2.67 bits per heavy atom.